The van der Waals surface area contributed by atoms with Gasteiger partial charge in [0.25, 0.3) is 5.97 Å². The summed E-state index contributed by atoms with van der Waals surface area (Å²) in [7, 11) is 0. The fourth-order valence-corrected chi connectivity index (χ4v) is 1.42. The molecule has 0 atom stereocenters. The summed E-state index contributed by atoms with van der Waals surface area (Å²) in [5.41, 5.74) is 5.50. The van der Waals surface area contributed by atoms with Gasteiger partial charge in [-0.1, -0.05) is 19.3 Å². The predicted molar refractivity (Wildman–Crippen MR) is 48.9 cm³/mol. The number of rotatable bonds is 1. The Morgan fingerprint density at radius 3 is 2.08 bits per heavy atom. The summed E-state index contributed by atoms with van der Waals surface area (Å²) in [6.07, 6.45) is 7.05. The minimum Gasteiger partial charge on any atom is -0.481 e. The molecule has 0 aromatic heterocycles. The molecule has 3 nitrogen and oxygen atoms in total. The molecule has 0 bridgehead atoms. The van der Waals surface area contributed by atoms with Gasteiger partial charge in [0.05, 0.1) is 0 Å². The number of nitrogens with two attached hydrogens (primary N) is 1. The second kappa shape index (κ2) is 7.10. The third-order valence-corrected chi connectivity index (χ3v) is 2.06. The highest BCUT2D eigenvalue weighted by molar-refractivity contribution is 5.62. The van der Waals surface area contributed by atoms with E-state index in [0.717, 1.165) is 19.4 Å². The standard InChI is InChI=1S/C7H15N.C2H4O2/c8-6-7-4-2-1-3-5-7;1-2(3)4/h7H,1-6,8H2;1H3,(H,3,4). The van der Waals surface area contributed by atoms with Crippen molar-refractivity contribution in [3.05, 3.63) is 0 Å². The van der Waals surface area contributed by atoms with E-state index < -0.39 is 5.97 Å². The number of hydrogen-bond acceptors (Lipinski definition) is 2. The zero-order chi connectivity index (χ0) is 9.40. The molecule has 0 heterocycles. The Balaban J connectivity index is 0.000000261. The lowest BCUT2D eigenvalue weighted by Gasteiger charge is -2.18. The van der Waals surface area contributed by atoms with Crippen LogP contribution >= 0.6 is 0 Å². The molecule has 1 aliphatic rings. The summed E-state index contributed by atoms with van der Waals surface area (Å²) in [5, 5.41) is 7.42. The molecule has 0 spiro atoms. The van der Waals surface area contributed by atoms with Gasteiger partial charge in [0.2, 0.25) is 0 Å². The average molecular weight is 173 g/mol. The Morgan fingerprint density at radius 1 is 1.42 bits per heavy atom. The third kappa shape index (κ3) is 7.54. The molecule has 0 aromatic rings. The van der Waals surface area contributed by atoms with E-state index in [2.05, 4.69) is 0 Å². The number of carbonyl (C=O) groups is 1. The van der Waals surface area contributed by atoms with Gasteiger partial charge in [0.15, 0.2) is 0 Å². The van der Waals surface area contributed by atoms with Crippen molar-refractivity contribution in [3.63, 3.8) is 0 Å². The molecule has 12 heavy (non-hydrogen) atoms. The number of carboxylic acid groups (broad SMARTS) is 1. The van der Waals surface area contributed by atoms with E-state index in [4.69, 9.17) is 15.6 Å². The topological polar surface area (TPSA) is 63.3 Å². The van der Waals surface area contributed by atoms with Crippen molar-refractivity contribution in [1.29, 1.82) is 0 Å². The molecule has 72 valence electrons. The molecule has 3 N–H and O–H groups in total. The molecular formula is C9H19NO2. The van der Waals surface area contributed by atoms with E-state index in [0.29, 0.717) is 0 Å². The van der Waals surface area contributed by atoms with Crippen molar-refractivity contribution in [2.24, 2.45) is 11.7 Å². The van der Waals surface area contributed by atoms with Crippen LogP contribution < -0.4 is 5.73 Å². The average Bonchev–Trinajstić information content (AvgIpc) is 2.05. The van der Waals surface area contributed by atoms with E-state index in [1.165, 1.54) is 32.1 Å². The van der Waals surface area contributed by atoms with E-state index in [9.17, 15) is 0 Å². The van der Waals surface area contributed by atoms with Crippen LogP contribution in [-0.4, -0.2) is 17.6 Å². The molecule has 0 aromatic carbocycles. The third-order valence-electron chi connectivity index (χ3n) is 2.06. The molecule has 3 heteroatoms. The first kappa shape index (κ1) is 11.4. The maximum Gasteiger partial charge on any atom is 0.300 e. The summed E-state index contributed by atoms with van der Waals surface area (Å²) in [6.45, 7) is 2.00. The Bertz CT molecular complexity index is 116. The van der Waals surface area contributed by atoms with Gasteiger partial charge >= 0.3 is 0 Å². The van der Waals surface area contributed by atoms with Crippen LogP contribution in [0.15, 0.2) is 0 Å². The molecular weight excluding hydrogens is 154 g/mol. The molecule has 1 rings (SSSR count). The summed E-state index contributed by atoms with van der Waals surface area (Å²) < 4.78 is 0. The fraction of sp³-hybridized carbons (Fsp3) is 0.889. The first-order chi connectivity index (χ1) is 5.66. The summed E-state index contributed by atoms with van der Waals surface area (Å²) >= 11 is 0. The molecule has 1 saturated carbocycles. The second-order valence-electron chi connectivity index (χ2n) is 3.26. The molecule has 1 fully saturated rings. The highest BCUT2D eigenvalue weighted by Crippen LogP contribution is 2.21. The van der Waals surface area contributed by atoms with Crippen molar-refractivity contribution in [2.45, 2.75) is 39.0 Å². The highest BCUT2D eigenvalue weighted by atomic mass is 16.4. The minimum atomic E-state index is -0.833. The molecule has 0 amide bonds. The Labute approximate surface area is 74.0 Å². The van der Waals surface area contributed by atoms with Gasteiger partial charge < -0.3 is 10.8 Å². The summed E-state index contributed by atoms with van der Waals surface area (Å²) in [6, 6.07) is 0. The van der Waals surface area contributed by atoms with Gasteiger partial charge in [0, 0.05) is 6.92 Å². The van der Waals surface area contributed by atoms with Gasteiger partial charge in [-0.2, -0.15) is 0 Å². The zero-order valence-corrected chi connectivity index (χ0v) is 7.75. The molecule has 0 radical (unpaired) electrons. The zero-order valence-electron chi connectivity index (χ0n) is 7.75. The van der Waals surface area contributed by atoms with Crippen molar-refractivity contribution in [3.8, 4) is 0 Å². The van der Waals surface area contributed by atoms with Crippen LogP contribution in [0.4, 0.5) is 0 Å². The smallest absolute Gasteiger partial charge is 0.300 e. The maximum absolute atomic E-state index is 9.00. The SMILES string of the molecule is CC(=O)O.NCC1CCCCC1. The van der Waals surface area contributed by atoms with Crippen molar-refractivity contribution >= 4 is 5.97 Å². The van der Waals surface area contributed by atoms with Crippen molar-refractivity contribution in [1.82, 2.24) is 0 Å². The van der Waals surface area contributed by atoms with Gasteiger partial charge in [-0.3, -0.25) is 4.79 Å². The Hall–Kier alpha value is -0.570. The molecule has 0 aliphatic heterocycles. The first-order valence-electron chi connectivity index (χ1n) is 4.56. The van der Waals surface area contributed by atoms with E-state index in [1.807, 2.05) is 0 Å². The number of carboxylic acids is 1. The van der Waals surface area contributed by atoms with E-state index in [1.54, 1.807) is 0 Å². The van der Waals surface area contributed by atoms with E-state index >= 15 is 0 Å². The van der Waals surface area contributed by atoms with Crippen molar-refractivity contribution in [2.75, 3.05) is 6.54 Å². The lowest BCUT2D eigenvalue weighted by molar-refractivity contribution is -0.134. The van der Waals surface area contributed by atoms with Crippen LogP contribution in [0.3, 0.4) is 0 Å². The lowest BCUT2D eigenvalue weighted by Crippen LogP contribution is -2.16. The van der Waals surface area contributed by atoms with E-state index in [-0.39, 0.29) is 0 Å². The molecule has 0 saturated heterocycles. The van der Waals surface area contributed by atoms with Gasteiger partial charge in [-0.05, 0) is 25.3 Å². The molecule has 0 unspecified atom stereocenters. The largest absolute Gasteiger partial charge is 0.481 e. The Morgan fingerprint density at radius 2 is 1.83 bits per heavy atom. The van der Waals surface area contributed by atoms with Crippen LogP contribution in [0.5, 0.6) is 0 Å². The maximum atomic E-state index is 9.00. The highest BCUT2D eigenvalue weighted by Gasteiger charge is 2.09. The van der Waals surface area contributed by atoms with Gasteiger partial charge in [-0.15, -0.1) is 0 Å². The summed E-state index contributed by atoms with van der Waals surface area (Å²) in [4.78, 5) is 9.00. The minimum absolute atomic E-state index is 0.833. The van der Waals surface area contributed by atoms with Crippen LogP contribution in [0.1, 0.15) is 39.0 Å². The van der Waals surface area contributed by atoms with Crippen LogP contribution in [0, 0.1) is 5.92 Å². The van der Waals surface area contributed by atoms with Gasteiger partial charge in [-0.25, -0.2) is 0 Å². The van der Waals surface area contributed by atoms with Crippen molar-refractivity contribution < 1.29 is 9.90 Å². The second-order valence-corrected chi connectivity index (χ2v) is 3.26. The normalized spacial score (nSPS) is 17.8. The monoisotopic (exact) mass is 173 g/mol. The first-order valence-corrected chi connectivity index (χ1v) is 4.56. The predicted octanol–water partition coefficient (Wildman–Crippen LogP) is 1.62. The van der Waals surface area contributed by atoms with Crippen LogP contribution in [-0.2, 0) is 4.79 Å². The Kier molecular flexibility index (Phi) is 6.76. The fourth-order valence-electron chi connectivity index (χ4n) is 1.42. The lowest BCUT2D eigenvalue weighted by atomic mass is 9.90. The van der Waals surface area contributed by atoms with Crippen LogP contribution in [0.2, 0.25) is 0 Å². The summed E-state index contributed by atoms with van der Waals surface area (Å²) in [5.74, 6) is 0.0312. The van der Waals surface area contributed by atoms with Crippen LogP contribution in [0.25, 0.3) is 0 Å². The quantitative estimate of drug-likeness (QED) is 0.633. The van der Waals surface area contributed by atoms with Gasteiger partial charge in [0.1, 0.15) is 0 Å². The molecule has 1 aliphatic carbocycles. The number of aliphatic carboxylic acids is 1. The number of hydrogen-bond donors (Lipinski definition) is 2.